The van der Waals surface area contributed by atoms with Crippen molar-refractivity contribution in [3.05, 3.63) is 47.8 Å². The third-order valence-electron chi connectivity index (χ3n) is 6.21. The fourth-order valence-electron chi connectivity index (χ4n) is 4.33. The minimum absolute atomic E-state index is 0.0429. The highest BCUT2D eigenvalue weighted by atomic mass is 32.2. The number of H-pyrrole nitrogens is 1. The Morgan fingerprint density at radius 1 is 1.14 bits per heavy atom. The number of nitrogens with one attached hydrogen (secondary N) is 3. The molecule has 0 saturated heterocycles. The van der Waals surface area contributed by atoms with Crippen LogP contribution < -0.4 is 10.0 Å². The van der Waals surface area contributed by atoms with Gasteiger partial charge in [-0.25, -0.2) is 13.1 Å². The number of carbonyl (C=O) groups is 3. The summed E-state index contributed by atoms with van der Waals surface area (Å²) in [7, 11) is -3.92. The number of hydrogen-bond acceptors (Lipinski definition) is 6. The van der Waals surface area contributed by atoms with Gasteiger partial charge in [0.2, 0.25) is 15.8 Å². The summed E-state index contributed by atoms with van der Waals surface area (Å²) in [4.78, 5) is 38.8. The fraction of sp³-hybridized carbons (Fsp3) is 0.520. The maximum Gasteiger partial charge on any atom is 0.287 e. The average molecular weight is 503 g/mol. The van der Waals surface area contributed by atoms with E-state index in [2.05, 4.69) is 20.2 Å². The zero-order valence-corrected chi connectivity index (χ0v) is 21.1. The Morgan fingerprint density at radius 2 is 1.89 bits per heavy atom. The summed E-state index contributed by atoms with van der Waals surface area (Å²) in [5.74, 6) is -2.47. The molecule has 0 spiro atoms. The molecule has 1 aliphatic heterocycles. The summed E-state index contributed by atoms with van der Waals surface area (Å²) in [5.41, 5.74) is 2.04. The molecule has 0 saturated carbocycles. The SMILES string of the molecule is CC(C)CC(NS(=O)(=O)c1ccccc1)C(=O)CC1CCCCc2[nH]ncc2CCNC(=O)C1=O. The van der Waals surface area contributed by atoms with Crippen LogP contribution in [0.25, 0.3) is 0 Å². The van der Waals surface area contributed by atoms with Gasteiger partial charge in [0.1, 0.15) is 0 Å². The number of aryl methyl sites for hydroxylation is 1. The van der Waals surface area contributed by atoms with Crippen molar-refractivity contribution >= 4 is 27.5 Å². The van der Waals surface area contributed by atoms with Crippen LogP contribution in [0, 0.1) is 11.8 Å². The molecule has 3 rings (SSSR count). The number of aromatic amines is 1. The molecule has 1 aliphatic rings. The summed E-state index contributed by atoms with van der Waals surface area (Å²) >= 11 is 0. The van der Waals surface area contributed by atoms with E-state index >= 15 is 0 Å². The largest absolute Gasteiger partial charge is 0.349 e. The Kier molecular flexibility index (Phi) is 9.33. The van der Waals surface area contributed by atoms with Gasteiger partial charge >= 0.3 is 0 Å². The molecule has 2 unspecified atom stereocenters. The molecule has 35 heavy (non-hydrogen) atoms. The van der Waals surface area contributed by atoms with E-state index in [-0.39, 0.29) is 23.0 Å². The molecular formula is C25H34N4O5S. The molecule has 190 valence electrons. The third-order valence-corrected chi connectivity index (χ3v) is 7.69. The van der Waals surface area contributed by atoms with Crippen LogP contribution in [0.4, 0.5) is 0 Å². The summed E-state index contributed by atoms with van der Waals surface area (Å²) in [6, 6.07) is 6.88. The number of hydrogen-bond donors (Lipinski definition) is 3. The van der Waals surface area contributed by atoms with E-state index in [1.807, 2.05) is 13.8 Å². The van der Waals surface area contributed by atoms with Crippen molar-refractivity contribution in [1.82, 2.24) is 20.2 Å². The average Bonchev–Trinajstić information content (AvgIpc) is 3.26. The number of nitrogens with zero attached hydrogens (tertiary/aromatic N) is 1. The Labute approximate surface area is 206 Å². The number of rotatable bonds is 8. The van der Waals surface area contributed by atoms with Crippen molar-refractivity contribution < 1.29 is 22.8 Å². The highest BCUT2D eigenvalue weighted by Crippen LogP contribution is 2.21. The summed E-state index contributed by atoms with van der Waals surface area (Å²) in [5, 5.41) is 9.72. The number of aromatic nitrogens is 2. The Hall–Kier alpha value is -2.85. The van der Waals surface area contributed by atoms with Gasteiger partial charge in [-0.15, -0.1) is 0 Å². The molecule has 9 nitrogen and oxygen atoms in total. The smallest absolute Gasteiger partial charge is 0.287 e. The van der Waals surface area contributed by atoms with Crippen molar-refractivity contribution in [2.24, 2.45) is 11.8 Å². The van der Waals surface area contributed by atoms with E-state index in [1.54, 1.807) is 24.4 Å². The first kappa shape index (κ1) is 26.7. The van der Waals surface area contributed by atoms with Crippen molar-refractivity contribution in [1.29, 1.82) is 0 Å². The van der Waals surface area contributed by atoms with E-state index in [0.29, 0.717) is 32.2 Å². The second-order valence-corrected chi connectivity index (χ2v) is 11.2. The first-order chi connectivity index (χ1) is 16.7. The van der Waals surface area contributed by atoms with E-state index in [9.17, 15) is 22.8 Å². The monoisotopic (exact) mass is 502 g/mol. The van der Waals surface area contributed by atoms with Crippen LogP contribution in [0.15, 0.2) is 41.4 Å². The van der Waals surface area contributed by atoms with E-state index in [1.165, 1.54) is 12.1 Å². The molecule has 1 aromatic carbocycles. The maximum atomic E-state index is 13.3. The lowest BCUT2D eigenvalue weighted by molar-refractivity contribution is -0.141. The molecule has 3 N–H and O–H groups in total. The topological polar surface area (TPSA) is 138 Å². The molecule has 0 bridgehead atoms. The maximum absolute atomic E-state index is 13.3. The second-order valence-electron chi connectivity index (χ2n) is 9.47. The van der Waals surface area contributed by atoms with Crippen LogP contribution in [0.2, 0.25) is 0 Å². The molecule has 1 amide bonds. The highest BCUT2D eigenvalue weighted by Gasteiger charge is 2.32. The predicted molar refractivity (Wildman–Crippen MR) is 131 cm³/mol. The molecule has 0 aliphatic carbocycles. The van der Waals surface area contributed by atoms with Crippen LogP contribution >= 0.6 is 0 Å². The van der Waals surface area contributed by atoms with Crippen LogP contribution in [0.1, 0.15) is 57.2 Å². The van der Waals surface area contributed by atoms with Gasteiger partial charge in [-0.3, -0.25) is 19.5 Å². The van der Waals surface area contributed by atoms with Crippen molar-refractivity contribution in [2.75, 3.05) is 6.54 Å². The lowest BCUT2D eigenvalue weighted by atomic mass is 9.87. The molecule has 2 heterocycles. The normalized spacial score (nSPS) is 18.8. The van der Waals surface area contributed by atoms with Crippen LogP contribution in [0.3, 0.4) is 0 Å². The Bertz CT molecular complexity index is 1130. The first-order valence-electron chi connectivity index (χ1n) is 12.1. The second kappa shape index (κ2) is 12.2. The number of benzene rings is 1. The lowest BCUT2D eigenvalue weighted by Crippen LogP contribution is -2.44. The predicted octanol–water partition coefficient (Wildman–Crippen LogP) is 2.33. The van der Waals surface area contributed by atoms with Crippen molar-refractivity contribution in [3.63, 3.8) is 0 Å². The molecule has 1 aromatic heterocycles. The highest BCUT2D eigenvalue weighted by molar-refractivity contribution is 7.89. The minimum atomic E-state index is -3.92. The molecule has 2 atom stereocenters. The van der Waals surface area contributed by atoms with Gasteiger partial charge in [0, 0.05) is 24.6 Å². The zero-order valence-electron chi connectivity index (χ0n) is 20.2. The number of carbonyl (C=O) groups excluding carboxylic acids is 3. The van der Waals surface area contributed by atoms with Crippen molar-refractivity contribution in [2.45, 2.75) is 69.7 Å². The van der Waals surface area contributed by atoms with Gasteiger partial charge in [0.05, 0.1) is 17.1 Å². The van der Waals surface area contributed by atoms with E-state index in [0.717, 1.165) is 24.1 Å². The lowest BCUT2D eigenvalue weighted by Gasteiger charge is -2.22. The van der Waals surface area contributed by atoms with Gasteiger partial charge in [0.25, 0.3) is 5.91 Å². The first-order valence-corrected chi connectivity index (χ1v) is 13.6. The number of sulfonamides is 1. The fourth-order valence-corrected chi connectivity index (χ4v) is 5.58. The molecule has 0 fully saturated rings. The van der Waals surface area contributed by atoms with Gasteiger partial charge in [0.15, 0.2) is 5.78 Å². The Balaban J connectivity index is 1.74. The van der Waals surface area contributed by atoms with Crippen LogP contribution in [-0.4, -0.2) is 48.7 Å². The van der Waals surface area contributed by atoms with Crippen molar-refractivity contribution in [3.8, 4) is 0 Å². The van der Waals surface area contributed by atoms with Gasteiger partial charge in [-0.05, 0) is 55.7 Å². The number of amides is 1. The molecular weight excluding hydrogens is 468 g/mol. The van der Waals surface area contributed by atoms with E-state index < -0.39 is 33.7 Å². The van der Waals surface area contributed by atoms with Crippen LogP contribution in [-0.2, 0) is 37.2 Å². The minimum Gasteiger partial charge on any atom is -0.349 e. The van der Waals surface area contributed by atoms with Gasteiger partial charge in [-0.1, -0.05) is 38.5 Å². The quantitative estimate of drug-likeness (QED) is 0.474. The molecule has 10 heteroatoms. The summed E-state index contributed by atoms with van der Waals surface area (Å²) in [6.07, 6.45) is 4.99. The number of Topliss-reactive ketones (excluding diaryl/α,β-unsaturated/α-hetero) is 2. The van der Waals surface area contributed by atoms with Gasteiger partial charge < -0.3 is 5.32 Å². The number of ketones is 2. The van der Waals surface area contributed by atoms with Gasteiger partial charge in [-0.2, -0.15) is 5.10 Å². The van der Waals surface area contributed by atoms with Crippen LogP contribution in [0.5, 0.6) is 0 Å². The van der Waals surface area contributed by atoms with E-state index in [4.69, 9.17) is 0 Å². The number of fused-ring (bicyclic) bond motifs is 1. The Morgan fingerprint density at radius 3 is 2.60 bits per heavy atom. The zero-order chi connectivity index (χ0) is 25.4. The third kappa shape index (κ3) is 7.57. The molecule has 0 radical (unpaired) electrons. The summed E-state index contributed by atoms with van der Waals surface area (Å²) < 4.78 is 28.3. The summed E-state index contributed by atoms with van der Waals surface area (Å²) in [6.45, 7) is 4.09. The molecule has 2 aromatic rings. The standard InChI is InChI=1S/C25H34N4O5S/c1-17(2)14-22(29-35(33,34)20-9-4-3-5-10-20)23(30)15-18-8-6-7-11-21-19(16-27-28-21)12-13-26-25(32)24(18)31/h3-5,9-10,16-18,22,29H,6-8,11-15H2,1-2H3,(H,26,32)(H,27,28).